The molecule has 1 saturated carbocycles. The second-order valence-corrected chi connectivity index (χ2v) is 7.38. The molecule has 8 heteroatoms. The minimum Gasteiger partial charge on any atom is -0.353 e. The van der Waals surface area contributed by atoms with Crippen molar-refractivity contribution >= 4 is 17.3 Å². The number of fused-ring (bicyclic) bond motifs is 1. The second kappa shape index (κ2) is 5.62. The highest BCUT2D eigenvalue weighted by molar-refractivity contribution is 5.51. The SMILES string of the molecule is Cc1cc(N(C)C2CN(c3ccc4nnc(C)n4n3)C2)nc(C2CC2)n1. The fourth-order valence-electron chi connectivity index (χ4n) is 3.41. The van der Waals surface area contributed by atoms with E-state index in [0.29, 0.717) is 12.0 Å². The van der Waals surface area contributed by atoms with Crippen molar-refractivity contribution in [1.82, 2.24) is 29.8 Å². The van der Waals surface area contributed by atoms with Crippen molar-refractivity contribution in [2.45, 2.75) is 38.6 Å². The Bertz CT molecular complexity index is 970. The number of rotatable bonds is 4. The highest BCUT2D eigenvalue weighted by Gasteiger charge is 2.33. The summed E-state index contributed by atoms with van der Waals surface area (Å²) in [6, 6.07) is 6.49. The lowest BCUT2D eigenvalue weighted by Crippen LogP contribution is -2.59. The van der Waals surface area contributed by atoms with E-state index in [0.717, 1.165) is 47.7 Å². The van der Waals surface area contributed by atoms with E-state index in [9.17, 15) is 0 Å². The van der Waals surface area contributed by atoms with Gasteiger partial charge in [-0.05, 0) is 38.8 Å². The van der Waals surface area contributed by atoms with Crippen molar-refractivity contribution < 1.29 is 0 Å². The van der Waals surface area contributed by atoms with Crippen LogP contribution < -0.4 is 9.80 Å². The summed E-state index contributed by atoms with van der Waals surface area (Å²) in [6.07, 6.45) is 2.45. The Morgan fingerprint density at radius 2 is 1.88 bits per heavy atom. The Morgan fingerprint density at radius 3 is 2.65 bits per heavy atom. The molecule has 1 aliphatic heterocycles. The molecule has 2 aliphatic rings. The summed E-state index contributed by atoms with van der Waals surface area (Å²) in [5, 5.41) is 12.8. The summed E-state index contributed by atoms with van der Waals surface area (Å²) >= 11 is 0. The molecule has 2 fully saturated rings. The molecule has 1 aliphatic carbocycles. The normalized spacial score (nSPS) is 17.6. The smallest absolute Gasteiger partial charge is 0.178 e. The predicted molar refractivity (Wildman–Crippen MR) is 98.7 cm³/mol. The average molecular weight is 350 g/mol. The molecular weight excluding hydrogens is 328 g/mol. The summed E-state index contributed by atoms with van der Waals surface area (Å²) in [4.78, 5) is 14.0. The molecule has 134 valence electrons. The van der Waals surface area contributed by atoms with E-state index in [4.69, 9.17) is 4.98 Å². The molecule has 0 atom stereocenters. The molecule has 3 aromatic heterocycles. The first-order valence-corrected chi connectivity index (χ1v) is 9.11. The van der Waals surface area contributed by atoms with Gasteiger partial charge >= 0.3 is 0 Å². The van der Waals surface area contributed by atoms with Gasteiger partial charge in [-0.3, -0.25) is 0 Å². The zero-order valence-corrected chi connectivity index (χ0v) is 15.3. The van der Waals surface area contributed by atoms with Crippen LogP contribution in [-0.2, 0) is 0 Å². The predicted octanol–water partition coefficient (Wildman–Crippen LogP) is 1.73. The molecule has 0 amide bonds. The van der Waals surface area contributed by atoms with Crippen LogP contribution in [0.5, 0.6) is 0 Å². The number of aryl methyl sites for hydroxylation is 2. The van der Waals surface area contributed by atoms with Crippen LogP contribution in [0.15, 0.2) is 18.2 Å². The van der Waals surface area contributed by atoms with Crippen LogP contribution in [-0.4, -0.2) is 56.0 Å². The number of likely N-dealkylation sites (N-methyl/N-ethyl adjacent to an activating group) is 1. The minimum atomic E-state index is 0.427. The number of hydrogen-bond acceptors (Lipinski definition) is 7. The topological polar surface area (TPSA) is 75.3 Å². The molecule has 8 nitrogen and oxygen atoms in total. The third kappa shape index (κ3) is 2.56. The van der Waals surface area contributed by atoms with E-state index >= 15 is 0 Å². The van der Waals surface area contributed by atoms with Gasteiger partial charge in [0.1, 0.15) is 17.5 Å². The third-order valence-electron chi connectivity index (χ3n) is 5.30. The Balaban J connectivity index is 1.32. The molecule has 0 unspecified atom stereocenters. The number of hydrogen-bond donors (Lipinski definition) is 0. The van der Waals surface area contributed by atoms with Crippen molar-refractivity contribution in [3.8, 4) is 0 Å². The molecule has 3 aromatic rings. The Labute approximate surface area is 151 Å². The van der Waals surface area contributed by atoms with Gasteiger partial charge in [-0.1, -0.05) is 0 Å². The third-order valence-corrected chi connectivity index (χ3v) is 5.30. The van der Waals surface area contributed by atoms with Crippen LogP contribution in [0.4, 0.5) is 11.6 Å². The van der Waals surface area contributed by atoms with Crippen molar-refractivity contribution in [3.63, 3.8) is 0 Å². The second-order valence-electron chi connectivity index (χ2n) is 7.38. The van der Waals surface area contributed by atoms with E-state index in [1.165, 1.54) is 12.8 Å². The van der Waals surface area contributed by atoms with Crippen LogP contribution >= 0.6 is 0 Å². The van der Waals surface area contributed by atoms with Crippen molar-refractivity contribution in [2.24, 2.45) is 0 Å². The molecule has 1 saturated heterocycles. The van der Waals surface area contributed by atoms with Gasteiger partial charge in [-0.2, -0.15) is 4.52 Å². The maximum atomic E-state index is 4.80. The zero-order valence-electron chi connectivity index (χ0n) is 15.3. The fraction of sp³-hybridized carbons (Fsp3) is 0.500. The van der Waals surface area contributed by atoms with Gasteiger partial charge in [-0.15, -0.1) is 15.3 Å². The molecule has 0 N–H and O–H groups in total. The van der Waals surface area contributed by atoms with Crippen LogP contribution in [0.2, 0.25) is 0 Å². The van der Waals surface area contributed by atoms with E-state index < -0.39 is 0 Å². The molecule has 26 heavy (non-hydrogen) atoms. The van der Waals surface area contributed by atoms with Gasteiger partial charge in [0.2, 0.25) is 0 Å². The molecule has 4 heterocycles. The number of anilines is 2. The van der Waals surface area contributed by atoms with E-state index in [-0.39, 0.29) is 0 Å². The van der Waals surface area contributed by atoms with Gasteiger partial charge in [0, 0.05) is 37.8 Å². The van der Waals surface area contributed by atoms with Crippen LogP contribution in [0.1, 0.15) is 36.1 Å². The maximum absolute atomic E-state index is 4.80. The first-order chi connectivity index (χ1) is 12.6. The molecule has 5 rings (SSSR count). The van der Waals surface area contributed by atoms with Crippen molar-refractivity contribution in [3.05, 3.63) is 35.5 Å². The molecule has 0 aromatic carbocycles. The maximum Gasteiger partial charge on any atom is 0.178 e. The number of aromatic nitrogens is 6. The monoisotopic (exact) mass is 350 g/mol. The first kappa shape index (κ1) is 15.5. The van der Waals surface area contributed by atoms with Gasteiger partial charge in [0.05, 0.1) is 6.04 Å². The van der Waals surface area contributed by atoms with Gasteiger partial charge in [0.25, 0.3) is 0 Å². The highest BCUT2D eigenvalue weighted by atomic mass is 15.4. The summed E-state index contributed by atoms with van der Waals surface area (Å²) in [6.45, 7) is 5.83. The largest absolute Gasteiger partial charge is 0.353 e. The zero-order chi connectivity index (χ0) is 17.8. The lowest BCUT2D eigenvalue weighted by Gasteiger charge is -2.45. The Morgan fingerprint density at radius 1 is 1.08 bits per heavy atom. The van der Waals surface area contributed by atoms with Crippen LogP contribution in [0.3, 0.4) is 0 Å². The minimum absolute atomic E-state index is 0.427. The lowest BCUT2D eigenvalue weighted by molar-refractivity contribution is 0.486. The quantitative estimate of drug-likeness (QED) is 0.709. The summed E-state index contributed by atoms with van der Waals surface area (Å²) in [5.41, 5.74) is 1.83. The summed E-state index contributed by atoms with van der Waals surface area (Å²) < 4.78 is 1.79. The first-order valence-electron chi connectivity index (χ1n) is 9.11. The summed E-state index contributed by atoms with van der Waals surface area (Å²) in [5.74, 6) is 4.38. The molecular formula is C18H22N8. The Kier molecular flexibility index (Phi) is 3.35. The van der Waals surface area contributed by atoms with Crippen molar-refractivity contribution in [1.29, 1.82) is 0 Å². The Hall–Kier alpha value is -2.77. The van der Waals surface area contributed by atoms with E-state index in [1.807, 2.05) is 19.1 Å². The van der Waals surface area contributed by atoms with Crippen LogP contribution in [0.25, 0.3) is 5.65 Å². The summed E-state index contributed by atoms with van der Waals surface area (Å²) in [7, 11) is 2.13. The molecule has 0 spiro atoms. The van der Waals surface area contributed by atoms with E-state index in [2.05, 4.69) is 50.1 Å². The van der Waals surface area contributed by atoms with Crippen molar-refractivity contribution in [2.75, 3.05) is 29.9 Å². The number of nitrogens with zero attached hydrogens (tertiary/aromatic N) is 8. The standard InChI is InChI=1S/C18H22N8/c1-11-8-17(20-18(19-11)13-4-5-13)24(3)14-9-25(10-14)16-7-6-15-22-21-12(2)26(15)23-16/h6-8,13-14H,4-5,9-10H2,1-3H3. The van der Waals surface area contributed by atoms with Crippen LogP contribution in [0, 0.1) is 13.8 Å². The fourth-order valence-corrected chi connectivity index (χ4v) is 3.41. The average Bonchev–Trinajstić information content (AvgIpc) is 3.38. The highest BCUT2D eigenvalue weighted by Crippen LogP contribution is 2.38. The molecule has 0 radical (unpaired) electrons. The lowest BCUT2D eigenvalue weighted by atomic mass is 10.1. The van der Waals surface area contributed by atoms with Gasteiger partial charge in [-0.25, -0.2) is 9.97 Å². The van der Waals surface area contributed by atoms with Gasteiger partial charge < -0.3 is 9.80 Å². The van der Waals surface area contributed by atoms with Gasteiger partial charge in [0.15, 0.2) is 11.5 Å². The van der Waals surface area contributed by atoms with E-state index in [1.54, 1.807) is 4.52 Å². The molecule has 0 bridgehead atoms.